The maximum atomic E-state index is 12.1. The summed E-state index contributed by atoms with van der Waals surface area (Å²) in [6.07, 6.45) is 0. The molecule has 26 heavy (non-hydrogen) atoms. The van der Waals surface area contributed by atoms with Gasteiger partial charge in [0.05, 0.1) is 10.4 Å². The Morgan fingerprint density at radius 2 is 2.04 bits per heavy atom. The summed E-state index contributed by atoms with van der Waals surface area (Å²) < 4.78 is 4.92. The lowest BCUT2D eigenvalue weighted by molar-refractivity contribution is -0.383. The summed E-state index contributed by atoms with van der Waals surface area (Å²) in [5.74, 6) is -1.54. The van der Waals surface area contributed by atoms with Crippen LogP contribution in [0.1, 0.15) is 10.5 Å². The molecule has 0 fully saturated rings. The topological polar surface area (TPSA) is 127 Å². The maximum absolute atomic E-state index is 12.1. The van der Waals surface area contributed by atoms with Crippen molar-refractivity contribution in [1.82, 2.24) is 10.2 Å². The van der Waals surface area contributed by atoms with E-state index < -0.39 is 23.4 Å². The predicted octanol–water partition coefficient (Wildman–Crippen LogP) is 2.92. The van der Waals surface area contributed by atoms with Gasteiger partial charge >= 0.3 is 5.97 Å². The van der Waals surface area contributed by atoms with Crippen molar-refractivity contribution < 1.29 is 19.2 Å². The van der Waals surface area contributed by atoms with Gasteiger partial charge in [-0.25, -0.2) is 4.79 Å². The number of amides is 1. The number of nitro groups is 1. The minimum Gasteiger partial charge on any atom is -0.451 e. The van der Waals surface area contributed by atoms with E-state index in [4.69, 9.17) is 16.3 Å². The number of hydrogen-bond acceptors (Lipinski definition) is 6. The number of hydrogen-bond donors (Lipinski definition) is 2. The van der Waals surface area contributed by atoms with Crippen LogP contribution < -0.4 is 5.32 Å². The number of fused-ring (bicyclic) bond motifs is 1. The molecule has 0 radical (unpaired) electrons. The number of halogens is 1. The van der Waals surface area contributed by atoms with Gasteiger partial charge in [-0.15, -0.1) is 0 Å². The van der Waals surface area contributed by atoms with E-state index in [1.807, 2.05) is 0 Å². The highest BCUT2D eigenvalue weighted by Crippen LogP contribution is 2.27. The van der Waals surface area contributed by atoms with E-state index in [-0.39, 0.29) is 22.1 Å². The molecule has 132 valence electrons. The molecule has 1 aromatic heterocycles. The summed E-state index contributed by atoms with van der Waals surface area (Å²) in [4.78, 5) is 34.4. The van der Waals surface area contributed by atoms with E-state index in [0.717, 1.165) is 0 Å². The van der Waals surface area contributed by atoms with Crippen LogP contribution in [-0.4, -0.2) is 33.6 Å². The van der Waals surface area contributed by atoms with Gasteiger partial charge in [0.2, 0.25) is 0 Å². The van der Waals surface area contributed by atoms with Gasteiger partial charge in [0.1, 0.15) is 5.69 Å². The first-order chi connectivity index (χ1) is 12.5. The first-order valence-corrected chi connectivity index (χ1v) is 7.67. The van der Waals surface area contributed by atoms with Gasteiger partial charge in [-0.2, -0.15) is 5.10 Å². The Hall–Kier alpha value is -3.46. The molecule has 0 atom stereocenters. The van der Waals surface area contributed by atoms with Gasteiger partial charge in [0.25, 0.3) is 11.6 Å². The Labute approximate surface area is 151 Å². The van der Waals surface area contributed by atoms with Crippen LogP contribution in [0.3, 0.4) is 0 Å². The monoisotopic (exact) mass is 374 g/mol. The molecule has 2 N–H and O–H groups in total. The molecule has 9 nitrogen and oxygen atoms in total. The number of H-pyrrole nitrogens is 1. The second-order valence-corrected chi connectivity index (χ2v) is 5.60. The quantitative estimate of drug-likeness (QED) is 0.401. The lowest BCUT2D eigenvalue weighted by Gasteiger charge is -2.07. The van der Waals surface area contributed by atoms with E-state index in [1.165, 1.54) is 18.2 Å². The van der Waals surface area contributed by atoms with Crippen molar-refractivity contribution in [1.29, 1.82) is 0 Å². The summed E-state index contributed by atoms with van der Waals surface area (Å²) in [6, 6.07) is 10.7. The minimum absolute atomic E-state index is 0.0436. The van der Waals surface area contributed by atoms with Crippen molar-refractivity contribution in [3.63, 3.8) is 0 Å². The molecule has 0 bridgehead atoms. The number of carbonyl (C=O) groups is 2. The Balaban J connectivity index is 1.67. The molecule has 10 heteroatoms. The third-order valence-electron chi connectivity index (χ3n) is 3.43. The number of aromatic nitrogens is 2. The molecular weight excluding hydrogens is 364 g/mol. The van der Waals surface area contributed by atoms with Gasteiger partial charge in [0.15, 0.2) is 12.3 Å². The molecule has 0 spiro atoms. The van der Waals surface area contributed by atoms with Crippen molar-refractivity contribution in [2.75, 3.05) is 11.9 Å². The summed E-state index contributed by atoms with van der Waals surface area (Å²) in [6.45, 7) is -0.635. The van der Waals surface area contributed by atoms with Gasteiger partial charge in [-0.1, -0.05) is 29.8 Å². The number of aromatic amines is 1. The lowest BCUT2D eigenvalue weighted by atomic mass is 10.2. The fourth-order valence-electron chi connectivity index (χ4n) is 2.27. The average molecular weight is 375 g/mol. The van der Waals surface area contributed by atoms with Crippen LogP contribution in [0.15, 0.2) is 42.5 Å². The zero-order valence-corrected chi connectivity index (χ0v) is 13.8. The highest BCUT2D eigenvalue weighted by molar-refractivity contribution is 6.31. The normalized spacial score (nSPS) is 10.5. The van der Waals surface area contributed by atoms with Crippen molar-refractivity contribution in [2.24, 2.45) is 0 Å². The van der Waals surface area contributed by atoms with Crippen LogP contribution in [-0.2, 0) is 9.53 Å². The molecule has 3 aromatic rings. The van der Waals surface area contributed by atoms with Crippen LogP contribution in [0, 0.1) is 10.1 Å². The Morgan fingerprint density at radius 1 is 1.27 bits per heavy atom. The van der Waals surface area contributed by atoms with Crippen LogP contribution in [0.5, 0.6) is 0 Å². The number of ether oxygens (including phenoxy) is 1. The van der Waals surface area contributed by atoms with Crippen LogP contribution >= 0.6 is 11.6 Å². The number of nitro benzene ring substituents is 1. The Bertz CT molecular complexity index is 1020. The number of nitrogens with one attached hydrogen (secondary N) is 2. The Morgan fingerprint density at radius 3 is 2.81 bits per heavy atom. The van der Waals surface area contributed by atoms with Crippen molar-refractivity contribution in [2.45, 2.75) is 0 Å². The van der Waals surface area contributed by atoms with E-state index >= 15 is 0 Å². The molecular formula is C16H11ClN4O5. The second-order valence-electron chi connectivity index (χ2n) is 5.16. The Kier molecular flexibility index (Phi) is 4.81. The number of nitrogens with zero attached hydrogens (tertiary/aromatic N) is 2. The van der Waals surface area contributed by atoms with Gasteiger partial charge < -0.3 is 10.1 Å². The van der Waals surface area contributed by atoms with Gasteiger partial charge in [-0.05, 0) is 18.2 Å². The molecule has 0 unspecified atom stereocenters. The number of anilines is 1. The molecule has 0 aliphatic rings. The molecule has 1 heterocycles. The fourth-order valence-corrected chi connectivity index (χ4v) is 2.44. The summed E-state index contributed by atoms with van der Waals surface area (Å²) in [5, 5.41) is 20.6. The van der Waals surface area contributed by atoms with Crippen molar-refractivity contribution >= 4 is 45.8 Å². The molecule has 3 rings (SSSR count). The first-order valence-electron chi connectivity index (χ1n) is 7.29. The van der Waals surface area contributed by atoms with Crippen LogP contribution in [0.4, 0.5) is 11.4 Å². The smallest absolute Gasteiger partial charge is 0.359 e. The SMILES string of the molecule is O=C(COC(=O)c1n[nH]c2ccccc12)Nc1cc(Cl)ccc1[N+](=O)[O-]. The minimum atomic E-state index is -0.793. The standard InChI is InChI=1S/C16H11ClN4O5/c17-9-5-6-13(21(24)25)12(7-9)18-14(22)8-26-16(23)15-10-3-1-2-4-11(10)19-20-15/h1-7H,8H2,(H,18,22)(H,19,20). The molecule has 2 aromatic carbocycles. The van der Waals surface area contributed by atoms with E-state index in [1.54, 1.807) is 24.3 Å². The van der Waals surface area contributed by atoms with Crippen LogP contribution in [0.2, 0.25) is 5.02 Å². The zero-order valence-electron chi connectivity index (χ0n) is 13.1. The van der Waals surface area contributed by atoms with Gasteiger partial charge in [0, 0.05) is 16.5 Å². The third kappa shape index (κ3) is 3.62. The third-order valence-corrected chi connectivity index (χ3v) is 3.66. The number of para-hydroxylation sites is 1. The van der Waals surface area contributed by atoms with E-state index in [2.05, 4.69) is 15.5 Å². The van der Waals surface area contributed by atoms with E-state index in [0.29, 0.717) is 10.9 Å². The number of esters is 1. The number of rotatable bonds is 5. The van der Waals surface area contributed by atoms with Crippen LogP contribution in [0.25, 0.3) is 10.9 Å². The molecule has 0 saturated heterocycles. The highest BCUT2D eigenvalue weighted by Gasteiger charge is 2.19. The largest absolute Gasteiger partial charge is 0.451 e. The second kappa shape index (κ2) is 7.19. The zero-order chi connectivity index (χ0) is 18.7. The molecule has 1 amide bonds. The first kappa shape index (κ1) is 17.4. The van der Waals surface area contributed by atoms with Gasteiger partial charge in [-0.3, -0.25) is 20.0 Å². The summed E-state index contributed by atoms with van der Waals surface area (Å²) in [7, 11) is 0. The molecule has 0 aliphatic carbocycles. The fraction of sp³-hybridized carbons (Fsp3) is 0.0625. The number of carbonyl (C=O) groups excluding carboxylic acids is 2. The van der Waals surface area contributed by atoms with E-state index in [9.17, 15) is 19.7 Å². The molecule has 0 saturated carbocycles. The maximum Gasteiger partial charge on any atom is 0.359 e. The molecule has 0 aliphatic heterocycles. The predicted molar refractivity (Wildman–Crippen MR) is 93.1 cm³/mol. The van der Waals surface area contributed by atoms with Crippen molar-refractivity contribution in [3.05, 3.63) is 63.3 Å². The summed E-state index contributed by atoms with van der Waals surface area (Å²) >= 11 is 5.78. The lowest BCUT2D eigenvalue weighted by Crippen LogP contribution is -2.21. The van der Waals surface area contributed by atoms with Crippen molar-refractivity contribution in [3.8, 4) is 0 Å². The average Bonchev–Trinajstić information content (AvgIpc) is 3.03. The summed E-state index contributed by atoms with van der Waals surface area (Å²) in [5.41, 5.74) is 0.279. The highest BCUT2D eigenvalue weighted by atomic mass is 35.5. The number of benzene rings is 2.